The fourth-order valence-electron chi connectivity index (χ4n) is 3.35. The van der Waals surface area contributed by atoms with Crippen LogP contribution < -0.4 is 0 Å². The van der Waals surface area contributed by atoms with E-state index in [2.05, 4.69) is 44.5 Å². The van der Waals surface area contributed by atoms with Crippen molar-refractivity contribution < 1.29 is 12.8 Å². The van der Waals surface area contributed by atoms with Gasteiger partial charge in [0.1, 0.15) is 0 Å². The van der Waals surface area contributed by atoms with Gasteiger partial charge in [-0.1, -0.05) is 41.0 Å². The molecular weight excluding hydrogens is 579 g/mol. The van der Waals surface area contributed by atoms with Crippen LogP contribution in [-0.2, 0) is 12.8 Å². The number of halogens is 4. The Labute approximate surface area is 180 Å². The number of hydrogen-bond acceptors (Lipinski definition) is 2. The molecule has 0 amide bonds. The topological polar surface area (TPSA) is 15.6 Å². The third-order valence-corrected chi connectivity index (χ3v) is 5.39. The molecule has 1 aliphatic carbocycles. The zero-order valence-electron chi connectivity index (χ0n) is 16.5. The summed E-state index contributed by atoms with van der Waals surface area (Å²) in [4.78, 5) is 7.04. The van der Waals surface area contributed by atoms with Gasteiger partial charge >= 0.3 is 49.6 Å². The molecule has 150 valence electrons. The molecule has 2 nitrogen and oxygen atoms in total. The molecule has 7 heteroatoms. The second-order valence-electron chi connectivity index (χ2n) is 6.96. The molecule has 2 heterocycles. The molecule has 0 aromatic carbocycles. The van der Waals surface area contributed by atoms with Crippen LogP contribution in [0, 0.1) is 29.6 Å². The van der Waals surface area contributed by atoms with E-state index in [-0.39, 0.29) is 0 Å². The van der Waals surface area contributed by atoms with Gasteiger partial charge in [-0.15, -0.1) is 0 Å². The van der Waals surface area contributed by atoms with Gasteiger partial charge in [-0.2, -0.15) is 0 Å². The Hall–Kier alpha value is 1.37. The van der Waals surface area contributed by atoms with Gasteiger partial charge in [0.2, 0.25) is 0 Å². The van der Waals surface area contributed by atoms with Crippen LogP contribution in [0.1, 0.15) is 66.7 Å². The summed E-state index contributed by atoms with van der Waals surface area (Å²) < 4.78 is 0. The van der Waals surface area contributed by atoms with Gasteiger partial charge < -0.3 is 4.90 Å². The SMILES string of the molecule is C1CCC2=NCCCN2CC1.C[C]1[C](C)[C](C)[C](C)[C]1C.[Cl][Ta]([Cl])([Cl])[Cl]. The normalized spacial score (nSPS) is 24.0. The van der Waals surface area contributed by atoms with Gasteiger partial charge in [0.05, 0.1) is 5.84 Å². The molecule has 2 aliphatic heterocycles. The molecule has 0 aromatic heterocycles. The van der Waals surface area contributed by atoms with E-state index in [0.29, 0.717) is 0 Å². The first-order chi connectivity index (χ1) is 12.0. The van der Waals surface area contributed by atoms with Crippen LogP contribution >= 0.6 is 36.8 Å². The van der Waals surface area contributed by atoms with Crippen LogP contribution in [0.4, 0.5) is 0 Å². The number of aliphatic imine (C=N–C) groups is 1. The van der Waals surface area contributed by atoms with Crippen molar-refractivity contribution in [3.63, 3.8) is 0 Å². The monoisotopic (exact) mass is 608 g/mol. The molecule has 0 bridgehead atoms. The Kier molecular flexibility index (Phi) is 11.9. The van der Waals surface area contributed by atoms with Crippen molar-refractivity contribution in [2.45, 2.75) is 66.7 Å². The Morgan fingerprint density at radius 2 is 1.12 bits per heavy atom. The molecule has 0 spiro atoms. The van der Waals surface area contributed by atoms with E-state index < -0.39 is 12.8 Å². The van der Waals surface area contributed by atoms with Gasteiger partial charge in [0, 0.05) is 26.1 Å². The van der Waals surface area contributed by atoms with Gasteiger partial charge in [0.15, 0.2) is 0 Å². The molecule has 2 fully saturated rings. The summed E-state index contributed by atoms with van der Waals surface area (Å²) in [5.41, 5.74) is 0. The molecule has 0 aromatic rings. The van der Waals surface area contributed by atoms with Gasteiger partial charge in [0.25, 0.3) is 0 Å². The van der Waals surface area contributed by atoms with Crippen LogP contribution in [0.3, 0.4) is 0 Å². The van der Waals surface area contributed by atoms with Crippen molar-refractivity contribution in [3.8, 4) is 0 Å². The van der Waals surface area contributed by atoms with E-state index in [1.165, 1.54) is 80.6 Å². The van der Waals surface area contributed by atoms with E-state index in [9.17, 15) is 0 Å². The number of hydrogen-bond donors (Lipinski definition) is 0. The van der Waals surface area contributed by atoms with E-state index >= 15 is 0 Å². The molecule has 0 unspecified atom stereocenters. The van der Waals surface area contributed by atoms with Gasteiger partial charge in [-0.05, 0) is 48.9 Å². The van der Waals surface area contributed by atoms with Crippen molar-refractivity contribution in [3.05, 3.63) is 29.6 Å². The van der Waals surface area contributed by atoms with Crippen molar-refractivity contribution in [1.82, 2.24) is 4.90 Å². The predicted molar refractivity (Wildman–Crippen MR) is 115 cm³/mol. The van der Waals surface area contributed by atoms with Crippen LogP contribution in [0.2, 0.25) is 0 Å². The van der Waals surface area contributed by atoms with Crippen molar-refractivity contribution >= 4 is 42.6 Å². The third kappa shape index (κ3) is 9.25. The summed E-state index contributed by atoms with van der Waals surface area (Å²) in [5.74, 6) is 8.73. The molecule has 3 aliphatic rings. The Morgan fingerprint density at radius 1 is 0.692 bits per heavy atom. The number of amidine groups is 1. The van der Waals surface area contributed by atoms with Crippen molar-refractivity contribution in [2.75, 3.05) is 19.6 Å². The summed E-state index contributed by atoms with van der Waals surface area (Å²) in [6, 6.07) is 0. The Morgan fingerprint density at radius 3 is 1.58 bits per heavy atom. The van der Waals surface area contributed by atoms with E-state index in [1.54, 1.807) is 0 Å². The van der Waals surface area contributed by atoms with Crippen molar-refractivity contribution in [1.29, 1.82) is 0 Å². The fraction of sp³-hybridized carbons (Fsp3) is 0.684. The van der Waals surface area contributed by atoms with Crippen LogP contribution in [0.25, 0.3) is 0 Å². The number of fused-ring (bicyclic) bond motifs is 1. The minimum atomic E-state index is -3.33. The van der Waals surface area contributed by atoms with E-state index in [0.717, 1.165) is 6.54 Å². The Bertz CT molecular complexity index is 391. The third-order valence-electron chi connectivity index (χ3n) is 5.39. The number of nitrogens with zero attached hydrogens (tertiary/aromatic N) is 2. The summed E-state index contributed by atoms with van der Waals surface area (Å²) >= 11 is -3.33. The molecule has 0 N–H and O–H groups in total. The van der Waals surface area contributed by atoms with E-state index in [4.69, 9.17) is 36.8 Å². The quantitative estimate of drug-likeness (QED) is 0.280. The van der Waals surface area contributed by atoms with E-state index in [1.807, 2.05) is 0 Å². The van der Waals surface area contributed by atoms with Crippen LogP contribution in [-0.4, -0.2) is 30.4 Å². The molecular formula is C19H31Cl4N2Ta. The predicted octanol–water partition coefficient (Wildman–Crippen LogP) is 7.39. The molecule has 0 atom stereocenters. The minimum absolute atomic E-state index is 1.08. The summed E-state index contributed by atoms with van der Waals surface area (Å²) in [7, 11) is 20.2. The van der Waals surface area contributed by atoms with Crippen LogP contribution in [0.15, 0.2) is 4.99 Å². The summed E-state index contributed by atoms with van der Waals surface area (Å²) in [6.45, 7) is 14.6. The molecule has 5 radical (unpaired) electrons. The first-order valence-corrected chi connectivity index (χ1v) is 25.1. The van der Waals surface area contributed by atoms with Gasteiger partial charge in [-0.3, -0.25) is 4.99 Å². The second-order valence-corrected chi connectivity index (χ2v) is 34.8. The zero-order valence-corrected chi connectivity index (χ0v) is 22.7. The van der Waals surface area contributed by atoms with Crippen molar-refractivity contribution in [2.24, 2.45) is 4.99 Å². The average Bonchev–Trinajstić information content (AvgIpc) is 2.78. The van der Waals surface area contributed by atoms with Gasteiger partial charge in [-0.25, -0.2) is 0 Å². The first kappa shape index (κ1) is 25.4. The number of rotatable bonds is 0. The summed E-state index contributed by atoms with van der Waals surface area (Å²) in [6.07, 6.45) is 6.63. The maximum absolute atomic E-state index is 5.04. The standard InChI is InChI=1S/C10H15.C9H16N2.4ClH.Ta/c1-6-7(2)9(4)10(5)8(6)3;1-2-5-9-10-6-4-8-11(9)7-3-1;;;;;/h1-5H3;1-8H2;4*1H;/q;;;;;;+4/p-4. The molecule has 1 saturated heterocycles. The first-order valence-electron chi connectivity index (χ1n) is 9.18. The fourth-order valence-corrected chi connectivity index (χ4v) is 3.35. The average molecular weight is 610 g/mol. The Balaban J connectivity index is 0.000000210. The molecule has 3 rings (SSSR count). The van der Waals surface area contributed by atoms with Crippen LogP contribution in [0.5, 0.6) is 0 Å². The second kappa shape index (κ2) is 12.2. The maximum atomic E-state index is 5.04. The molecule has 26 heavy (non-hydrogen) atoms. The zero-order chi connectivity index (χ0) is 19.9. The molecule has 1 saturated carbocycles. The summed E-state index contributed by atoms with van der Waals surface area (Å²) in [5, 5.41) is 0.